The Morgan fingerprint density at radius 3 is 2.73 bits per heavy atom. The number of nitrogens with one attached hydrogen (secondary N) is 1. The molecule has 0 aliphatic carbocycles. The lowest BCUT2D eigenvalue weighted by atomic mass is 10.5. The summed E-state index contributed by atoms with van der Waals surface area (Å²) in [4.78, 5) is 7.89. The van der Waals surface area contributed by atoms with Gasteiger partial charge in [0.1, 0.15) is 11.9 Å². The van der Waals surface area contributed by atoms with Crippen molar-refractivity contribution in [1.82, 2.24) is 19.7 Å². The van der Waals surface area contributed by atoms with Crippen LogP contribution in [0.2, 0.25) is 0 Å². The van der Waals surface area contributed by atoms with Crippen LogP contribution >= 0.6 is 0 Å². The van der Waals surface area contributed by atoms with Gasteiger partial charge < -0.3 is 5.32 Å². The van der Waals surface area contributed by atoms with Crippen molar-refractivity contribution in [2.24, 2.45) is 7.05 Å². The van der Waals surface area contributed by atoms with Crippen molar-refractivity contribution in [3.63, 3.8) is 0 Å². The largest absolute Gasteiger partial charge is 0.322 e. The molecule has 0 atom stereocenters. The summed E-state index contributed by atoms with van der Waals surface area (Å²) in [5.74, 6) is 1.25. The van der Waals surface area contributed by atoms with E-state index in [1.54, 1.807) is 4.68 Å². The molecule has 15 heavy (non-hydrogen) atoms. The van der Waals surface area contributed by atoms with Crippen LogP contribution in [-0.2, 0) is 7.05 Å². The topological polar surface area (TPSA) is 79.4 Å². The standard InChI is InChI=1S/C9H8N6/c1-15-3-2-8(14-15)13-9-6-11-7(4-10)5-12-9/h2-3,5-6H,1H3,(H,12,13,14). The van der Waals surface area contributed by atoms with Crippen LogP contribution in [0.25, 0.3) is 0 Å². The molecule has 0 saturated carbocycles. The fourth-order valence-electron chi connectivity index (χ4n) is 1.06. The van der Waals surface area contributed by atoms with Gasteiger partial charge in [0.2, 0.25) is 0 Å². The van der Waals surface area contributed by atoms with Crippen LogP contribution in [-0.4, -0.2) is 19.7 Å². The van der Waals surface area contributed by atoms with E-state index in [4.69, 9.17) is 5.26 Å². The van der Waals surface area contributed by atoms with Crippen LogP contribution in [0.3, 0.4) is 0 Å². The zero-order valence-electron chi connectivity index (χ0n) is 8.05. The minimum atomic E-state index is 0.293. The molecule has 0 aliphatic rings. The Bertz CT molecular complexity index is 492. The first kappa shape index (κ1) is 9.15. The van der Waals surface area contributed by atoms with Crippen LogP contribution in [0, 0.1) is 11.3 Å². The highest BCUT2D eigenvalue weighted by Gasteiger charge is 1.99. The Morgan fingerprint density at radius 2 is 2.20 bits per heavy atom. The normalized spacial score (nSPS) is 9.60. The average Bonchev–Trinajstić information content (AvgIpc) is 2.65. The molecule has 0 aliphatic heterocycles. The van der Waals surface area contributed by atoms with Gasteiger partial charge in [0, 0.05) is 19.3 Å². The van der Waals surface area contributed by atoms with Crippen molar-refractivity contribution in [2.75, 3.05) is 5.32 Å². The van der Waals surface area contributed by atoms with E-state index in [1.165, 1.54) is 12.4 Å². The zero-order chi connectivity index (χ0) is 10.7. The maximum absolute atomic E-state index is 8.53. The third-order valence-electron chi connectivity index (χ3n) is 1.74. The third kappa shape index (κ3) is 2.08. The van der Waals surface area contributed by atoms with Gasteiger partial charge in [-0.15, -0.1) is 0 Å². The van der Waals surface area contributed by atoms with Crippen LogP contribution in [0.1, 0.15) is 5.69 Å². The maximum atomic E-state index is 8.53. The first-order chi connectivity index (χ1) is 7.28. The lowest BCUT2D eigenvalue weighted by Crippen LogP contribution is -1.97. The van der Waals surface area contributed by atoms with E-state index in [9.17, 15) is 0 Å². The van der Waals surface area contributed by atoms with Gasteiger partial charge >= 0.3 is 0 Å². The molecular formula is C9H8N6. The Kier molecular flexibility index (Phi) is 2.29. The summed E-state index contributed by atoms with van der Waals surface area (Å²) in [5.41, 5.74) is 0.293. The molecule has 0 amide bonds. The maximum Gasteiger partial charge on any atom is 0.158 e. The second-order valence-electron chi connectivity index (χ2n) is 2.90. The van der Waals surface area contributed by atoms with E-state index in [0.717, 1.165) is 0 Å². The molecule has 0 spiro atoms. The predicted molar refractivity (Wildman–Crippen MR) is 53.2 cm³/mol. The lowest BCUT2D eigenvalue weighted by molar-refractivity contribution is 0.771. The summed E-state index contributed by atoms with van der Waals surface area (Å²) in [5, 5.41) is 15.6. The van der Waals surface area contributed by atoms with Gasteiger partial charge in [0.15, 0.2) is 11.5 Å². The highest BCUT2D eigenvalue weighted by molar-refractivity contribution is 5.49. The second-order valence-corrected chi connectivity index (χ2v) is 2.90. The molecular weight excluding hydrogens is 192 g/mol. The van der Waals surface area contributed by atoms with Crippen molar-refractivity contribution < 1.29 is 0 Å². The van der Waals surface area contributed by atoms with Gasteiger partial charge in [-0.1, -0.05) is 0 Å². The minimum Gasteiger partial charge on any atom is -0.322 e. The van der Waals surface area contributed by atoms with Crippen molar-refractivity contribution in [1.29, 1.82) is 5.26 Å². The molecule has 0 unspecified atom stereocenters. The summed E-state index contributed by atoms with van der Waals surface area (Å²) < 4.78 is 1.68. The summed E-state index contributed by atoms with van der Waals surface area (Å²) in [6.07, 6.45) is 4.72. The van der Waals surface area contributed by atoms with E-state index < -0.39 is 0 Å². The molecule has 2 heterocycles. The van der Waals surface area contributed by atoms with Gasteiger partial charge in [0.25, 0.3) is 0 Å². The molecule has 2 aromatic rings. The van der Waals surface area contributed by atoms with Crippen LogP contribution < -0.4 is 5.32 Å². The van der Waals surface area contributed by atoms with Gasteiger partial charge in [-0.05, 0) is 0 Å². The van der Waals surface area contributed by atoms with E-state index in [0.29, 0.717) is 17.3 Å². The van der Waals surface area contributed by atoms with Crippen molar-refractivity contribution in [3.05, 3.63) is 30.4 Å². The second kappa shape index (κ2) is 3.75. The molecule has 0 saturated heterocycles. The summed E-state index contributed by atoms with van der Waals surface area (Å²) in [7, 11) is 1.83. The van der Waals surface area contributed by atoms with Crippen LogP contribution in [0.15, 0.2) is 24.7 Å². The number of anilines is 2. The highest BCUT2D eigenvalue weighted by atomic mass is 15.3. The molecule has 0 radical (unpaired) electrons. The predicted octanol–water partition coefficient (Wildman–Crippen LogP) is 0.825. The van der Waals surface area contributed by atoms with Crippen LogP contribution in [0.4, 0.5) is 11.6 Å². The molecule has 2 rings (SSSR count). The van der Waals surface area contributed by atoms with Gasteiger partial charge in [-0.3, -0.25) is 4.68 Å². The van der Waals surface area contributed by atoms with Gasteiger partial charge in [-0.25, -0.2) is 9.97 Å². The van der Waals surface area contributed by atoms with Crippen molar-refractivity contribution in [3.8, 4) is 6.07 Å². The van der Waals surface area contributed by atoms with E-state index >= 15 is 0 Å². The molecule has 6 heteroatoms. The summed E-state index contributed by atoms with van der Waals surface area (Å²) in [6.45, 7) is 0. The molecule has 0 aromatic carbocycles. The molecule has 0 fully saturated rings. The van der Waals surface area contributed by atoms with E-state index in [1.807, 2.05) is 25.4 Å². The van der Waals surface area contributed by atoms with Crippen molar-refractivity contribution in [2.45, 2.75) is 0 Å². The quantitative estimate of drug-likeness (QED) is 0.776. The minimum absolute atomic E-state index is 0.293. The zero-order valence-corrected chi connectivity index (χ0v) is 8.05. The third-order valence-corrected chi connectivity index (χ3v) is 1.74. The Labute approximate surface area is 86.2 Å². The SMILES string of the molecule is Cn1ccc(Nc2cnc(C#N)cn2)n1. The first-order valence-electron chi connectivity index (χ1n) is 4.27. The number of nitrogens with zero attached hydrogens (tertiary/aromatic N) is 5. The fraction of sp³-hybridized carbons (Fsp3) is 0.111. The number of nitriles is 1. The highest BCUT2D eigenvalue weighted by Crippen LogP contribution is 2.09. The Hall–Kier alpha value is -2.42. The summed E-state index contributed by atoms with van der Waals surface area (Å²) >= 11 is 0. The monoisotopic (exact) mass is 200 g/mol. The molecule has 0 bridgehead atoms. The summed E-state index contributed by atoms with van der Waals surface area (Å²) in [6, 6.07) is 3.72. The lowest BCUT2D eigenvalue weighted by Gasteiger charge is -1.99. The number of rotatable bonds is 2. The molecule has 6 nitrogen and oxygen atoms in total. The number of aromatic nitrogens is 4. The van der Waals surface area contributed by atoms with Crippen LogP contribution in [0.5, 0.6) is 0 Å². The Morgan fingerprint density at radius 1 is 1.33 bits per heavy atom. The number of aryl methyl sites for hydroxylation is 1. The smallest absolute Gasteiger partial charge is 0.158 e. The Balaban J connectivity index is 2.15. The molecule has 74 valence electrons. The first-order valence-corrected chi connectivity index (χ1v) is 4.27. The van der Waals surface area contributed by atoms with Gasteiger partial charge in [0.05, 0.1) is 12.4 Å². The number of hydrogen-bond acceptors (Lipinski definition) is 5. The molecule has 2 aromatic heterocycles. The number of hydrogen-bond donors (Lipinski definition) is 1. The molecule has 1 N–H and O–H groups in total. The van der Waals surface area contributed by atoms with E-state index in [-0.39, 0.29) is 0 Å². The van der Waals surface area contributed by atoms with E-state index in [2.05, 4.69) is 20.4 Å². The van der Waals surface area contributed by atoms with Crippen molar-refractivity contribution >= 4 is 11.6 Å². The van der Waals surface area contributed by atoms with Gasteiger partial charge in [-0.2, -0.15) is 10.4 Å². The fourth-order valence-corrected chi connectivity index (χ4v) is 1.06. The average molecular weight is 200 g/mol.